The maximum atomic E-state index is 5.67. The molecule has 0 aromatic heterocycles. The lowest BCUT2D eigenvalue weighted by molar-refractivity contribution is -0.138. The maximum Gasteiger partial charge on any atom is 0.366 e. The highest BCUT2D eigenvalue weighted by atomic mass is 16.5. The lowest BCUT2D eigenvalue weighted by Crippen LogP contribution is -2.42. The van der Waals surface area contributed by atoms with E-state index in [1.807, 2.05) is 31.2 Å². The van der Waals surface area contributed by atoms with Crippen molar-refractivity contribution < 1.29 is 14.9 Å². The van der Waals surface area contributed by atoms with Crippen molar-refractivity contribution in [1.82, 2.24) is 0 Å². The molecule has 0 aliphatic carbocycles. The summed E-state index contributed by atoms with van der Waals surface area (Å²) in [7, 11) is 1.62. The van der Waals surface area contributed by atoms with E-state index < -0.39 is 0 Å². The van der Waals surface area contributed by atoms with Gasteiger partial charge in [0.2, 0.25) is 0 Å². The van der Waals surface area contributed by atoms with Gasteiger partial charge in [0.25, 0.3) is 0 Å². The van der Waals surface area contributed by atoms with Crippen LogP contribution >= 0.6 is 0 Å². The molecule has 0 aliphatic rings. The van der Waals surface area contributed by atoms with Crippen LogP contribution in [0.2, 0.25) is 0 Å². The summed E-state index contributed by atoms with van der Waals surface area (Å²) < 4.78 is 10.2. The molecule has 0 radical (unpaired) electrons. The van der Waals surface area contributed by atoms with Crippen molar-refractivity contribution in [3.05, 3.63) is 29.8 Å². The van der Waals surface area contributed by atoms with Crippen LogP contribution in [0.15, 0.2) is 24.3 Å². The first kappa shape index (κ1) is 9.58. The number of rotatable bonds is 3. The Morgan fingerprint density at radius 3 is 2.85 bits per heavy atom. The number of nitrogens with two attached hydrogens (primary N) is 1. The zero-order chi connectivity index (χ0) is 9.68. The predicted molar refractivity (Wildman–Crippen MR) is 50.7 cm³/mol. The van der Waals surface area contributed by atoms with Gasteiger partial charge in [-0.2, -0.15) is 0 Å². The van der Waals surface area contributed by atoms with E-state index in [0.29, 0.717) is 12.5 Å². The molecule has 1 rings (SSSR count). The molecule has 0 unspecified atom stereocenters. The van der Waals surface area contributed by atoms with Crippen LogP contribution in [0.4, 0.5) is 0 Å². The Balaban J connectivity index is 2.82. The lowest BCUT2D eigenvalue weighted by atomic mass is 10.2. The summed E-state index contributed by atoms with van der Waals surface area (Å²) in [5, 5.41) is 5.67. The number of hydrogen-bond acceptors (Lipinski definition) is 2. The van der Waals surface area contributed by atoms with Crippen molar-refractivity contribution in [1.29, 1.82) is 0 Å². The van der Waals surface area contributed by atoms with Crippen LogP contribution in [0.1, 0.15) is 12.5 Å². The molecule has 0 aliphatic heterocycles. The van der Waals surface area contributed by atoms with Crippen LogP contribution in [0.3, 0.4) is 0 Å². The lowest BCUT2D eigenvalue weighted by Gasteiger charge is -2.02. The van der Waals surface area contributed by atoms with Crippen LogP contribution in [0.5, 0.6) is 5.75 Å². The van der Waals surface area contributed by atoms with Crippen molar-refractivity contribution in [2.45, 2.75) is 6.92 Å². The van der Waals surface area contributed by atoms with Gasteiger partial charge in [0.1, 0.15) is 5.75 Å². The fourth-order valence-electron chi connectivity index (χ4n) is 1.02. The van der Waals surface area contributed by atoms with Gasteiger partial charge in [-0.3, -0.25) is 0 Å². The summed E-state index contributed by atoms with van der Waals surface area (Å²) in [6, 6.07) is 7.46. The smallest absolute Gasteiger partial charge is 0.366 e. The van der Waals surface area contributed by atoms with E-state index in [4.69, 9.17) is 14.9 Å². The zero-order valence-electron chi connectivity index (χ0n) is 7.91. The molecular formula is C10H14NO2+. The highest BCUT2D eigenvalue weighted by Crippen LogP contribution is 2.12. The molecule has 1 aromatic rings. The quantitative estimate of drug-likeness (QED) is 0.535. The van der Waals surface area contributed by atoms with Crippen LogP contribution in [0.25, 0.3) is 0 Å². The summed E-state index contributed by atoms with van der Waals surface area (Å²) in [5.74, 6) is 1.21. The Morgan fingerprint density at radius 1 is 1.46 bits per heavy atom. The predicted octanol–water partition coefficient (Wildman–Crippen LogP) is 0.237. The highest BCUT2D eigenvalue weighted by molar-refractivity contribution is 5.89. The Kier molecular flexibility index (Phi) is 3.31. The standard InChI is InChI=1S/C10H13NO2/c1-3-13-10(11)8-5-4-6-9(7-8)12-2/h4-7,11H,3H2,1-2H3/p+1. The number of methoxy groups -OCH3 is 1. The number of ether oxygens (including phenoxy) is 2. The second-order valence-electron chi connectivity index (χ2n) is 2.53. The van der Waals surface area contributed by atoms with Crippen molar-refractivity contribution >= 4 is 5.90 Å². The summed E-state index contributed by atoms with van der Waals surface area (Å²) in [6.07, 6.45) is 0. The monoisotopic (exact) mass is 180 g/mol. The molecule has 13 heavy (non-hydrogen) atoms. The van der Waals surface area contributed by atoms with E-state index in [-0.39, 0.29) is 0 Å². The van der Waals surface area contributed by atoms with Gasteiger partial charge in [-0.15, -0.1) is 0 Å². The first-order valence-electron chi connectivity index (χ1n) is 4.17. The van der Waals surface area contributed by atoms with E-state index in [1.165, 1.54) is 0 Å². The molecule has 0 atom stereocenters. The minimum absolute atomic E-state index is 0.432. The Bertz CT molecular complexity index is 297. The van der Waals surface area contributed by atoms with Gasteiger partial charge in [-0.05, 0) is 25.1 Å². The fraction of sp³-hybridized carbons (Fsp3) is 0.300. The molecule has 0 saturated heterocycles. The van der Waals surface area contributed by atoms with Gasteiger partial charge in [0.05, 0.1) is 19.3 Å². The van der Waals surface area contributed by atoms with Crippen molar-refractivity contribution in [3.63, 3.8) is 0 Å². The van der Waals surface area contributed by atoms with Crippen molar-refractivity contribution in [2.24, 2.45) is 0 Å². The molecule has 0 saturated carbocycles. The normalized spacial score (nSPS) is 9.38. The average Bonchev–Trinajstić information content (AvgIpc) is 2.18. The van der Waals surface area contributed by atoms with Gasteiger partial charge in [-0.25, -0.2) is 5.41 Å². The number of benzene rings is 1. The Labute approximate surface area is 77.8 Å². The molecule has 0 fully saturated rings. The summed E-state index contributed by atoms with van der Waals surface area (Å²) >= 11 is 0. The molecule has 3 nitrogen and oxygen atoms in total. The zero-order valence-corrected chi connectivity index (χ0v) is 7.91. The van der Waals surface area contributed by atoms with Gasteiger partial charge in [0.15, 0.2) is 0 Å². The van der Waals surface area contributed by atoms with Gasteiger partial charge >= 0.3 is 5.90 Å². The maximum absolute atomic E-state index is 5.67. The van der Waals surface area contributed by atoms with E-state index in [1.54, 1.807) is 7.11 Å². The van der Waals surface area contributed by atoms with Crippen LogP contribution in [-0.2, 0) is 4.74 Å². The second kappa shape index (κ2) is 4.50. The first-order chi connectivity index (χ1) is 6.27. The Morgan fingerprint density at radius 2 is 2.23 bits per heavy atom. The molecule has 0 bridgehead atoms. The molecule has 0 amide bonds. The van der Waals surface area contributed by atoms with Crippen LogP contribution in [-0.4, -0.2) is 19.6 Å². The third kappa shape index (κ3) is 2.47. The molecule has 0 heterocycles. The van der Waals surface area contributed by atoms with Crippen LogP contribution in [0, 0.1) is 0 Å². The van der Waals surface area contributed by atoms with E-state index in [0.717, 1.165) is 11.3 Å². The molecule has 3 heteroatoms. The third-order valence-corrected chi connectivity index (χ3v) is 1.65. The molecule has 1 aromatic carbocycles. The van der Waals surface area contributed by atoms with Crippen LogP contribution < -0.4 is 10.1 Å². The molecule has 70 valence electrons. The fourth-order valence-corrected chi connectivity index (χ4v) is 1.02. The summed E-state index contributed by atoms with van der Waals surface area (Å²) in [6.45, 7) is 2.47. The summed E-state index contributed by atoms with van der Waals surface area (Å²) in [4.78, 5) is 0. The topological polar surface area (TPSA) is 44.0 Å². The summed E-state index contributed by atoms with van der Waals surface area (Å²) in [5.41, 5.74) is 0.848. The minimum Gasteiger partial charge on any atom is -0.497 e. The van der Waals surface area contributed by atoms with Crippen molar-refractivity contribution in [3.8, 4) is 5.75 Å². The van der Waals surface area contributed by atoms with Gasteiger partial charge in [0, 0.05) is 0 Å². The van der Waals surface area contributed by atoms with Gasteiger partial charge < -0.3 is 9.47 Å². The van der Waals surface area contributed by atoms with E-state index in [2.05, 4.69) is 0 Å². The Hall–Kier alpha value is -1.51. The molecular weight excluding hydrogens is 166 g/mol. The van der Waals surface area contributed by atoms with E-state index in [9.17, 15) is 0 Å². The highest BCUT2D eigenvalue weighted by Gasteiger charge is 2.07. The van der Waals surface area contributed by atoms with Gasteiger partial charge in [-0.1, -0.05) is 6.07 Å². The third-order valence-electron chi connectivity index (χ3n) is 1.65. The molecule has 2 N–H and O–H groups in total. The first-order valence-corrected chi connectivity index (χ1v) is 4.17. The largest absolute Gasteiger partial charge is 0.497 e. The van der Waals surface area contributed by atoms with E-state index >= 15 is 0 Å². The average molecular weight is 180 g/mol. The minimum atomic E-state index is 0.432. The van der Waals surface area contributed by atoms with Crippen molar-refractivity contribution in [2.75, 3.05) is 13.7 Å². The second-order valence-corrected chi connectivity index (χ2v) is 2.53. The molecule has 0 spiro atoms. The SMILES string of the molecule is CCOC(=[NH2+])c1cccc(OC)c1. The number of hydrogen-bond donors (Lipinski definition) is 1.